The van der Waals surface area contributed by atoms with Crippen LogP contribution in [0, 0.1) is 0 Å². The molecule has 2 aromatic heterocycles. The minimum atomic E-state index is -0.202. The van der Waals surface area contributed by atoms with Crippen molar-refractivity contribution in [3.63, 3.8) is 0 Å². The molecule has 0 bridgehead atoms. The molecule has 0 amide bonds. The number of rotatable bonds is 7. The summed E-state index contributed by atoms with van der Waals surface area (Å²) in [5, 5.41) is 0. The number of fused-ring (bicyclic) bond motifs is 1. The van der Waals surface area contributed by atoms with Crippen LogP contribution >= 0.6 is 0 Å². The lowest BCUT2D eigenvalue weighted by atomic mass is 10.2. The Morgan fingerprint density at radius 3 is 2.68 bits per heavy atom. The third kappa shape index (κ3) is 3.81. The van der Waals surface area contributed by atoms with Crippen molar-refractivity contribution in [1.29, 1.82) is 0 Å². The summed E-state index contributed by atoms with van der Waals surface area (Å²) in [7, 11) is 3.99. The monoisotopic (exact) mass is 341 g/mol. The van der Waals surface area contributed by atoms with Gasteiger partial charge in [0.1, 0.15) is 5.52 Å². The van der Waals surface area contributed by atoms with Gasteiger partial charge in [-0.1, -0.05) is 25.5 Å². The number of aromatic amines is 1. The molecule has 0 fully saturated rings. The Labute approximate surface area is 146 Å². The highest BCUT2D eigenvalue weighted by molar-refractivity contribution is 5.69. The summed E-state index contributed by atoms with van der Waals surface area (Å²) in [6.45, 7) is 3.11. The van der Waals surface area contributed by atoms with Crippen LogP contribution in [0.4, 0.5) is 5.69 Å². The summed E-state index contributed by atoms with van der Waals surface area (Å²) < 4.78 is 7.16. The zero-order chi connectivity index (χ0) is 17.8. The standard InChI is InChI=1S/C18H23N5O2/c1-4-5-10-25-17-19-11-15-16(21-17)23(18(24)20-15)12-13-6-8-14(9-7-13)22(2)3/h6-9,11H,4-5,10,12H2,1-3H3,(H,20,24). The van der Waals surface area contributed by atoms with Crippen LogP contribution in [-0.2, 0) is 6.54 Å². The van der Waals surface area contributed by atoms with Crippen molar-refractivity contribution in [3.8, 4) is 6.01 Å². The van der Waals surface area contributed by atoms with Crippen molar-refractivity contribution in [2.24, 2.45) is 0 Å². The highest BCUT2D eigenvalue weighted by atomic mass is 16.5. The van der Waals surface area contributed by atoms with E-state index in [4.69, 9.17) is 4.74 Å². The summed E-state index contributed by atoms with van der Waals surface area (Å²) in [5.74, 6) is 0. The van der Waals surface area contributed by atoms with Crippen molar-refractivity contribution in [3.05, 3.63) is 46.5 Å². The van der Waals surface area contributed by atoms with Crippen molar-refractivity contribution >= 4 is 16.9 Å². The molecule has 7 heteroatoms. The fraction of sp³-hybridized carbons (Fsp3) is 0.389. The van der Waals surface area contributed by atoms with Gasteiger partial charge in [0.15, 0.2) is 5.65 Å². The Hall–Kier alpha value is -2.83. The van der Waals surface area contributed by atoms with E-state index in [0.717, 1.165) is 24.1 Å². The van der Waals surface area contributed by atoms with Gasteiger partial charge in [-0.25, -0.2) is 9.78 Å². The second kappa shape index (κ2) is 7.38. The number of aromatic nitrogens is 4. The molecule has 7 nitrogen and oxygen atoms in total. The number of H-pyrrole nitrogens is 1. The van der Waals surface area contributed by atoms with E-state index in [1.165, 1.54) is 0 Å². The van der Waals surface area contributed by atoms with E-state index in [1.807, 2.05) is 43.3 Å². The van der Waals surface area contributed by atoms with Gasteiger partial charge in [-0.05, 0) is 24.1 Å². The normalized spacial score (nSPS) is 11.0. The van der Waals surface area contributed by atoms with Gasteiger partial charge in [-0.15, -0.1) is 0 Å². The third-order valence-electron chi connectivity index (χ3n) is 4.01. The number of benzene rings is 1. The van der Waals surface area contributed by atoms with Gasteiger partial charge >= 0.3 is 11.7 Å². The van der Waals surface area contributed by atoms with E-state index in [1.54, 1.807) is 10.8 Å². The van der Waals surface area contributed by atoms with Crippen LogP contribution < -0.4 is 15.3 Å². The largest absolute Gasteiger partial charge is 0.463 e. The quantitative estimate of drug-likeness (QED) is 0.668. The van der Waals surface area contributed by atoms with E-state index in [-0.39, 0.29) is 5.69 Å². The van der Waals surface area contributed by atoms with Crippen LogP contribution in [0.15, 0.2) is 35.3 Å². The van der Waals surface area contributed by atoms with Crippen LogP contribution in [0.5, 0.6) is 6.01 Å². The lowest BCUT2D eigenvalue weighted by molar-refractivity contribution is 0.286. The first kappa shape index (κ1) is 17.0. The molecule has 132 valence electrons. The number of hydrogen-bond acceptors (Lipinski definition) is 5. The van der Waals surface area contributed by atoms with E-state index in [0.29, 0.717) is 30.3 Å². The molecule has 0 spiro atoms. The maximum absolute atomic E-state index is 12.3. The van der Waals surface area contributed by atoms with Crippen LogP contribution in [0.3, 0.4) is 0 Å². The summed E-state index contributed by atoms with van der Waals surface area (Å²) in [6, 6.07) is 8.39. The Morgan fingerprint density at radius 1 is 1.24 bits per heavy atom. The second-order valence-corrected chi connectivity index (χ2v) is 6.17. The summed E-state index contributed by atoms with van der Waals surface area (Å²) >= 11 is 0. The minimum absolute atomic E-state index is 0.202. The Kier molecular flexibility index (Phi) is 5.02. The molecule has 0 aliphatic heterocycles. The molecule has 25 heavy (non-hydrogen) atoms. The molecule has 0 atom stereocenters. The summed E-state index contributed by atoms with van der Waals surface area (Å²) in [4.78, 5) is 25.7. The van der Waals surface area contributed by atoms with Crippen molar-refractivity contribution in [2.75, 3.05) is 25.6 Å². The van der Waals surface area contributed by atoms with Gasteiger partial charge in [0.2, 0.25) is 0 Å². The molecule has 0 aliphatic rings. The zero-order valence-corrected chi connectivity index (χ0v) is 14.8. The van der Waals surface area contributed by atoms with Gasteiger partial charge in [0.05, 0.1) is 19.3 Å². The highest BCUT2D eigenvalue weighted by Gasteiger charge is 2.11. The van der Waals surface area contributed by atoms with Crippen LogP contribution in [0.25, 0.3) is 11.2 Å². The molecule has 3 rings (SSSR count). The average Bonchev–Trinajstić information content (AvgIpc) is 2.91. The number of hydrogen-bond donors (Lipinski definition) is 1. The summed E-state index contributed by atoms with van der Waals surface area (Å²) in [5.41, 5.74) is 3.11. The average molecular weight is 341 g/mol. The number of unbranched alkanes of at least 4 members (excludes halogenated alkanes) is 1. The van der Waals surface area contributed by atoms with Crippen LogP contribution in [-0.4, -0.2) is 40.2 Å². The van der Waals surface area contributed by atoms with Crippen LogP contribution in [0.2, 0.25) is 0 Å². The fourth-order valence-electron chi connectivity index (χ4n) is 2.54. The van der Waals surface area contributed by atoms with Gasteiger partial charge in [0, 0.05) is 19.8 Å². The van der Waals surface area contributed by atoms with Gasteiger partial charge in [-0.2, -0.15) is 4.98 Å². The van der Waals surface area contributed by atoms with E-state index in [9.17, 15) is 4.79 Å². The van der Waals surface area contributed by atoms with Crippen molar-refractivity contribution in [1.82, 2.24) is 19.5 Å². The van der Waals surface area contributed by atoms with E-state index < -0.39 is 0 Å². The fourth-order valence-corrected chi connectivity index (χ4v) is 2.54. The Morgan fingerprint density at radius 2 is 2.00 bits per heavy atom. The Bertz CT molecular complexity index is 896. The first-order valence-corrected chi connectivity index (χ1v) is 8.43. The maximum atomic E-state index is 12.3. The highest BCUT2D eigenvalue weighted by Crippen LogP contribution is 2.15. The predicted octanol–water partition coefficient (Wildman–Crippen LogP) is 2.41. The molecule has 0 saturated heterocycles. The zero-order valence-electron chi connectivity index (χ0n) is 14.8. The molecular weight excluding hydrogens is 318 g/mol. The molecule has 1 N–H and O–H groups in total. The number of anilines is 1. The lowest BCUT2D eigenvalue weighted by Gasteiger charge is -2.12. The van der Waals surface area contributed by atoms with E-state index in [2.05, 4.69) is 21.9 Å². The third-order valence-corrected chi connectivity index (χ3v) is 4.01. The van der Waals surface area contributed by atoms with Gasteiger partial charge < -0.3 is 14.6 Å². The first-order chi connectivity index (χ1) is 12.1. The molecule has 0 aliphatic carbocycles. The van der Waals surface area contributed by atoms with E-state index >= 15 is 0 Å². The second-order valence-electron chi connectivity index (χ2n) is 6.17. The minimum Gasteiger partial charge on any atom is -0.463 e. The number of ether oxygens (including phenoxy) is 1. The first-order valence-electron chi connectivity index (χ1n) is 8.43. The molecule has 1 aromatic carbocycles. The molecule has 0 unspecified atom stereocenters. The molecule has 3 aromatic rings. The number of nitrogens with one attached hydrogen (secondary N) is 1. The van der Waals surface area contributed by atoms with Crippen LogP contribution in [0.1, 0.15) is 25.3 Å². The topological polar surface area (TPSA) is 76.0 Å². The van der Waals surface area contributed by atoms with Crippen molar-refractivity contribution < 1.29 is 4.74 Å². The lowest BCUT2D eigenvalue weighted by Crippen LogP contribution is -2.18. The van der Waals surface area contributed by atoms with Gasteiger partial charge in [-0.3, -0.25) is 4.57 Å². The molecule has 0 saturated carbocycles. The van der Waals surface area contributed by atoms with Gasteiger partial charge in [0.25, 0.3) is 0 Å². The van der Waals surface area contributed by atoms with Crippen molar-refractivity contribution in [2.45, 2.75) is 26.3 Å². The number of imidazole rings is 1. The molecule has 0 radical (unpaired) electrons. The molecule has 2 heterocycles. The Balaban J connectivity index is 1.88. The predicted molar refractivity (Wildman–Crippen MR) is 98.4 cm³/mol. The maximum Gasteiger partial charge on any atom is 0.328 e. The molecular formula is C18H23N5O2. The smallest absolute Gasteiger partial charge is 0.328 e. The summed E-state index contributed by atoms with van der Waals surface area (Å²) in [6.07, 6.45) is 3.58. The SMILES string of the molecule is CCCCOc1ncc2[nH]c(=O)n(Cc3ccc(N(C)C)cc3)c2n1. The number of nitrogens with zero attached hydrogens (tertiary/aromatic N) is 4.